The van der Waals surface area contributed by atoms with Gasteiger partial charge in [-0.3, -0.25) is 9.59 Å². The lowest BCUT2D eigenvalue weighted by molar-refractivity contribution is 0.0900. The number of halogens is 2. The second kappa shape index (κ2) is 9.21. The van der Waals surface area contributed by atoms with Gasteiger partial charge in [0, 0.05) is 35.3 Å². The standard InChI is InChI=1S/C24H19ClFN3O2S2/c25-16-3-1-14(2-4-16)21(30)15-9-11-29(12-10-15)24-28-23-20(33-24)13-19(32-23)22(31)27-18-7-5-17(26)6-8-18/h1-8,13,15H,9-12H2,(H,27,31). The van der Waals surface area contributed by atoms with Crippen molar-refractivity contribution in [2.24, 2.45) is 5.92 Å². The molecule has 3 heterocycles. The van der Waals surface area contributed by atoms with E-state index >= 15 is 0 Å². The van der Waals surface area contributed by atoms with E-state index in [0.717, 1.165) is 40.6 Å². The highest BCUT2D eigenvalue weighted by Crippen LogP contribution is 2.36. The number of carbonyl (C=O) groups excluding carboxylic acids is 2. The van der Waals surface area contributed by atoms with Gasteiger partial charge in [0.2, 0.25) is 0 Å². The molecule has 0 unspecified atom stereocenters. The van der Waals surface area contributed by atoms with Crippen LogP contribution in [0.4, 0.5) is 15.2 Å². The van der Waals surface area contributed by atoms with E-state index in [9.17, 15) is 14.0 Å². The third-order valence-electron chi connectivity index (χ3n) is 5.67. The zero-order valence-corrected chi connectivity index (χ0v) is 19.8. The summed E-state index contributed by atoms with van der Waals surface area (Å²) in [6.45, 7) is 1.53. The number of ketones is 1. The lowest BCUT2D eigenvalue weighted by Crippen LogP contribution is -2.36. The van der Waals surface area contributed by atoms with Gasteiger partial charge in [0.05, 0.1) is 9.58 Å². The molecular weight excluding hydrogens is 481 g/mol. The normalized spacial score (nSPS) is 14.5. The topological polar surface area (TPSA) is 62.3 Å². The number of benzene rings is 2. The maximum atomic E-state index is 13.0. The molecule has 1 aliphatic heterocycles. The van der Waals surface area contributed by atoms with E-state index in [4.69, 9.17) is 16.6 Å². The minimum atomic E-state index is -0.347. The maximum absolute atomic E-state index is 13.0. The predicted molar refractivity (Wildman–Crippen MR) is 133 cm³/mol. The number of fused-ring (bicyclic) bond motifs is 1. The van der Waals surface area contributed by atoms with Crippen molar-refractivity contribution in [3.63, 3.8) is 0 Å². The van der Waals surface area contributed by atoms with Crippen LogP contribution in [0.15, 0.2) is 54.6 Å². The van der Waals surface area contributed by atoms with Crippen molar-refractivity contribution in [3.8, 4) is 0 Å². The number of aromatic nitrogens is 1. The molecule has 1 fully saturated rings. The number of hydrogen-bond acceptors (Lipinski definition) is 6. The highest BCUT2D eigenvalue weighted by Gasteiger charge is 2.27. The minimum Gasteiger partial charge on any atom is -0.348 e. The smallest absolute Gasteiger partial charge is 0.265 e. The van der Waals surface area contributed by atoms with Crippen LogP contribution in [0, 0.1) is 11.7 Å². The number of amides is 1. The van der Waals surface area contributed by atoms with Crippen LogP contribution in [-0.2, 0) is 0 Å². The average Bonchev–Trinajstić information content (AvgIpc) is 3.40. The van der Waals surface area contributed by atoms with Crippen LogP contribution < -0.4 is 10.2 Å². The summed E-state index contributed by atoms with van der Waals surface area (Å²) in [5.74, 6) is -0.409. The number of rotatable bonds is 5. The van der Waals surface area contributed by atoms with Gasteiger partial charge in [-0.05, 0) is 67.4 Å². The first-order valence-corrected chi connectivity index (χ1v) is 12.5. The van der Waals surface area contributed by atoms with Gasteiger partial charge in [-0.15, -0.1) is 11.3 Å². The van der Waals surface area contributed by atoms with E-state index in [1.165, 1.54) is 35.6 Å². The number of Topliss-reactive ketones (excluding diaryl/α,β-unsaturated/α-hetero) is 1. The highest BCUT2D eigenvalue weighted by atomic mass is 35.5. The number of carbonyl (C=O) groups is 2. The van der Waals surface area contributed by atoms with Crippen molar-refractivity contribution < 1.29 is 14.0 Å². The Balaban J connectivity index is 1.22. The Morgan fingerprint density at radius 3 is 2.39 bits per heavy atom. The molecule has 0 atom stereocenters. The minimum absolute atomic E-state index is 0.00488. The quantitative estimate of drug-likeness (QED) is 0.318. The van der Waals surface area contributed by atoms with Crippen LogP contribution in [0.5, 0.6) is 0 Å². The number of anilines is 2. The SMILES string of the molecule is O=C(Nc1ccc(F)cc1)c1cc2sc(N3CCC(C(=O)c4ccc(Cl)cc4)CC3)nc2s1. The maximum Gasteiger partial charge on any atom is 0.265 e. The number of nitrogens with one attached hydrogen (secondary N) is 1. The Morgan fingerprint density at radius 1 is 1.03 bits per heavy atom. The Kier molecular flexibility index (Phi) is 6.14. The Labute approximate surface area is 202 Å². The van der Waals surface area contributed by atoms with Gasteiger partial charge in [0.15, 0.2) is 10.9 Å². The van der Waals surface area contributed by atoms with E-state index in [2.05, 4.69) is 10.2 Å². The fourth-order valence-corrected chi connectivity index (χ4v) is 6.16. The van der Waals surface area contributed by atoms with Gasteiger partial charge in [0.1, 0.15) is 10.6 Å². The third kappa shape index (κ3) is 4.78. The molecule has 4 aromatic rings. The highest BCUT2D eigenvalue weighted by molar-refractivity contribution is 7.29. The second-order valence-corrected chi connectivity index (χ2v) is 10.3. The summed E-state index contributed by atoms with van der Waals surface area (Å²) in [6, 6.07) is 14.6. The molecule has 168 valence electrons. The first-order valence-electron chi connectivity index (χ1n) is 10.5. The van der Waals surface area contributed by atoms with Gasteiger partial charge >= 0.3 is 0 Å². The molecule has 1 amide bonds. The van der Waals surface area contributed by atoms with Crippen LogP contribution in [0.2, 0.25) is 5.02 Å². The fraction of sp³-hybridized carbons (Fsp3) is 0.208. The van der Waals surface area contributed by atoms with Crippen molar-refractivity contribution in [2.45, 2.75) is 12.8 Å². The van der Waals surface area contributed by atoms with Crippen molar-refractivity contribution in [1.29, 1.82) is 0 Å². The summed E-state index contributed by atoms with van der Waals surface area (Å²) in [6.07, 6.45) is 1.56. The van der Waals surface area contributed by atoms with Crippen molar-refractivity contribution in [3.05, 3.63) is 75.9 Å². The number of piperidine rings is 1. The predicted octanol–water partition coefficient (Wildman–Crippen LogP) is 6.50. The summed E-state index contributed by atoms with van der Waals surface area (Å²) >= 11 is 8.82. The van der Waals surface area contributed by atoms with E-state index in [0.29, 0.717) is 21.2 Å². The second-order valence-electron chi connectivity index (χ2n) is 7.87. The van der Waals surface area contributed by atoms with Gasteiger partial charge in [0.25, 0.3) is 5.91 Å². The van der Waals surface area contributed by atoms with Crippen molar-refractivity contribution >= 4 is 66.3 Å². The molecule has 0 saturated carbocycles. The van der Waals surface area contributed by atoms with Gasteiger partial charge in [-0.2, -0.15) is 0 Å². The molecule has 0 radical (unpaired) electrons. The zero-order chi connectivity index (χ0) is 22.9. The molecule has 5 nitrogen and oxygen atoms in total. The van der Waals surface area contributed by atoms with Crippen LogP contribution in [0.1, 0.15) is 32.9 Å². The lowest BCUT2D eigenvalue weighted by Gasteiger charge is -2.31. The molecule has 0 bridgehead atoms. The molecule has 1 saturated heterocycles. The lowest BCUT2D eigenvalue weighted by atomic mass is 9.89. The molecule has 33 heavy (non-hydrogen) atoms. The molecule has 5 rings (SSSR count). The first kappa shape index (κ1) is 22.0. The average molecular weight is 500 g/mol. The molecule has 9 heteroatoms. The summed E-state index contributed by atoms with van der Waals surface area (Å²) in [5, 5.41) is 4.32. The van der Waals surface area contributed by atoms with E-state index < -0.39 is 0 Å². The molecular formula is C24H19ClFN3O2S2. The molecule has 1 aliphatic rings. The zero-order valence-electron chi connectivity index (χ0n) is 17.4. The van der Waals surface area contributed by atoms with E-state index in [1.54, 1.807) is 35.6 Å². The summed E-state index contributed by atoms with van der Waals surface area (Å²) < 4.78 is 14.0. The summed E-state index contributed by atoms with van der Waals surface area (Å²) in [4.78, 5) is 33.6. The number of hydrogen-bond donors (Lipinski definition) is 1. The molecule has 2 aromatic heterocycles. The van der Waals surface area contributed by atoms with Crippen molar-refractivity contribution in [2.75, 3.05) is 23.3 Å². The van der Waals surface area contributed by atoms with Crippen LogP contribution >= 0.6 is 34.3 Å². The number of thiazole rings is 1. The van der Waals surface area contributed by atoms with E-state index in [1.807, 2.05) is 6.07 Å². The van der Waals surface area contributed by atoms with Gasteiger partial charge in [-0.1, -0.05) is 22.9 Å². The Hall–Kier alpha value is -2.81. The summed E-state index contributed by atoms with van der Waals surface area (Å²) in [7, 11) is 0. The Bertz CT molecular complexity index is 1280. The Morgan fingerprint density at radius 2 is 1.73 bits per heavy atom. The fourth-order valence-electron chi connectivity index (χ4n) is 3.88. The number of nitrogens with zero attached hydrogens (tertiary/aromatic N) is 2. The number of thiophene rings is 1. The van der Waals surface area contributed by atoms with Crippen LogP contribution in [0.25, 0.3) is 9.53 Å². The molecule has 2 aromatic carbocycles. The third-order valence-corrected chi connectivity index (χ3v) is 8.14. The molecule has 0 aliphatic carbocycles. The van der Waals surface area contributed by atoms with Crippen LogP contribution in [-0.4, -0.2) is 29.8 Å². The van der Waals surface area contributed by atoms with Crippen LogP contribution in [0.3, 0.4) is 0 Å². The van der Waals surface area contributed by atoms with E-state index in [-0.39, 0.29) is 23.4 Å². The molecule has 0 spiro atoms. The summed E-state index contributed by atoms with van der Waals surface area (Å²) in [5.41, 5.74) is 1.25. The van der Waals surface area contributed by atoms with Gasteiger partial charge in [-0.25, -0.2) is 9.37 Å². The largest absolute Gasteiger partial charge is 0.348 e. The van der Waals surface area contributed by atoms with Crippen molar-refractivity contribution in [1.82, 2.24) is 4.98 Å². The molecule has 1 N–H and O–H groups in total. The first-order chi connectivity index (χ1) is 16.0. The monoisotopic (exact) mass is 499 g/mol. The van der Waals surface area contributed by atoms with Gasteiger partial charge < -0.3 is 10.2 Å².